The quantitative estimate of drug-likeness (QED) is 0.154. The van der Waals surface area contributed by atoms with Crippen LogP contribution in [0.1, 0.15) is 0 Å². The Balaban J connectivity index is 1.04. The summed E-state index contributed by atoms with van der Waals surface area (Å²) in [4.78, 5) is 15.8. The van der Waals surface area contributed by atoms with E-state index in [1.807, 2.05) is 0 Å². The Morgan fingerprint density at radius 3 is 1.31 bits per heavy atom. The largest absolute Gasteiger partial charge is 0.208 e. The molecule has 0 amide bonds. The van der Waals surface area contributed by atoms with Crippen LogP contribution >= 0.6 is 0 Å². The molecule has 0 aliphatic carbocycles. The fourth-order valence-corrected chi connectivity index (χ4v) is 8.62. The third-order valence-corrected chi connectivity index (χ3v) is 11.7. The highest BCUT2D eigenvalue weighted by Crippen LogP contribution is 2.38. The first-order chi connectivity index (χ1) is 30.7. The van der Waals surface area contributed by atoms with Gasteiger partial charge in [-0.2, -0.15) is 0 Å². The fourth-order valence-electron chi connectivity index (χ4n) is 8.62. The first-order valence-electron chi connectivity index (χ1n) is 21.0. The second-order valence-corrected chi connectivity index (χ2v) is 15.6. The average Bonchev–Trinajstić information content (AvgIpc) is 3.36. The van der Waals surface area contributed by atoms with E-state index in [0.29, 0.717) is 17.5 Å². The van der Waals surface area contributed by atoms with Gasteiger partial charge in [-0.15, -0.1) is 0 Å². The molecule has 0 unspecified atom stereocenters. The second-order valence-electron chi connectivity index (χ2n) is 15.6. The minimum Gasteiger partial charge on any atom is -0.208 e. The van der Waals surface area contributed by atoms with Crippen LogP contribution in [-0.4, -0.2) is 15.0 Å². The zero-order valence-electron chi connectivity index (χ0n) is 33.9. The molecule has 3 nitrogen and oxygen atoms in total. The fraction of sp³-hybridized carbons (Fsp3) is 0. The van der Waals surface area contributed by atoms with E-state index >= 15 is 0 Å². The highest BCUT2D eigenvalue weighted by Gasteiger charge is 2.18. The van der Waals surface area contributed by atoms with Crippen LogP contribution in [0.15, 0.2) is 237 Å². The predicted octanol–water partition coefficient (Wildman–Crippen LogP) is 15.5. The second kappa shape index (κ2) is 16.1. The Kier molecular flexibility index (Phi) is 9.53. The lowest BCUT2D eigenvalue weighted by molar-refractivity contribution is 1.07. The van der Waals surface area contributed by atoms with Crippen LogP contribution in [-0.2, 0) is 0 Å². The van der Waals surface area contributed by atoms with E-state index in [2.05, 4.69) is 237 Å². The number of hydrogen-bond acceptors (Lipinski definition) is 3. The molecule has 11 aromatic rings. The van der Waals surface area contributed by atoms with Gasteiger partial charge in [-0.25, -0.2) is 15.0 Å². The summed E-state index contributed by atoms with van der Waals surface area (Å²) < 4.78 is 0. The molecule has 10 aromatic carbocycles. The molecule has 0 aliphatic heterocycles. The number of benzene rings is 10. The third kappa shape index (κ3) is 7.12. The molecule has 0 saturated carbocycles. The molecule has 0 aliphatic rings. The van der Waals surface area contributed by atoms with E-state index in [9.17, 15) is 0 Å². The Hall–Kier alpha value is -8.27. The van der Waals surface area contributed by atoms with Gasteiger partial charge in [0.1, 0.15) is 0 Å². The van der Waals surface area contributed by atoms with Gasteiger partial charge in [0.05, 0.1) is 0 Å². The van der Waals surface area contributed by atoms with Gasteiger partial charge in [-0.1, -0.05) is 218 Å². The SMILES string of the molecule is c1ccc(-c2ccc3cc(-c4nc(-c5cccc(-c6ccccc6-c6ccccc6)c5)nc(-c5ccccc5-c5ccc(-c6cccc7ccccc67)cc5)n4)ccc3c2)cc1. The maximum absolute atomic E-state index is 5.29. The van der Waals surface area contributed by atoms with Crippen LogP contribution in [0.2, 0.25) is 0 Å². The van der Waals surface area contributed by atoms with E-state index < -0.39 is 0 Å². The Morgan fingerprint density at radius 1 is 0.194 bits per heavy atom. The first-order valence-corrected chi connectivity index (χ1v) is 21.0. The van der Waals surface area contributed by atoms with Crippen molar-refractivity contribution in [2.24, 2.45) is 0 Å². The summed E-state index contributed by atoms with van der Waals surface area (Å²) in [7, 11) is 0. The van der Waals surface area contributed by atoms with E-state index in [1.54, 1.807) is 0 Å². The zero-order valence-corrected chi connectivity index (χ0v) is 33.9. The summed E-state index contributed by atoms with van der Waals surface area (Å²) in [6.07, 6.45) is 0. The number of nitrogens with zero attached hydrogens (tertiary/aromatic N) is 3. The molecule has 0 spiro atoms. The van der Waals surface area contributed by atoms with Crippen molar-refractivity contribution in [3.8, 4) is 89.8 Å². The molecule has 0 bridgehead atoms. The van der Waals surface area contributed by atoms with Crippen LogP contribution < -0.4 is 0 Å². The van der Waals surface area contributed by atoms with Crippen molar-refractivity contribution in [3.63, 3.8) is 0 Å². The molecule has 1 heterocycles. The molecule has 0 radical (unpaired) electrons. The smallest absolute Gasteiger partial charge is 0.164 e. The van der Waals surface area contributed by atoms with Crippen molar-refractivity contribution < 1.29 is 0 Å². The summed E-state index contributed by atoms with van der Waals surface area (Å²) in [6.45, 7) is 0. The lowest BCUT2D eigenvalue weighted by Gasteiger charge is -2.14. The minimum absolute atomic E-state index is 0.615. The van der Waals surface area contributed by atoms with Crippen molar-refractivity contribution in [1.82, 2.24) is 15.0 Å². The molecule has 290 valence electrons. The molecule has 0 saturated heterocycles. The lowest BCUT2D eigenvalue weighted by Crippen LogP contribution is -2.01. The maximum Gasteiger partial charge on any atom is 0.164 e. The average molecular weight is 790 g/mol. The van der Waals surface area contributed by atoms with Crippen molar-refractivity contribution in [2.45, 2.75) is 0 Å². The summed E-state index contributed by atoms with van der Waals surface area (Å²) in [5.74, 6) is 1.85. The van der Waals surface area contributed by atoms with Gasteiger partial charge in [-0.05, 0) is 95.4 Å². The Bertz CT molecular complexity index is 3390. The van der Waals surface area contributed by atoms with E-state index in [1.165, 1.54) is 44.2 Å². The summed E-state index contributed by atoms with van der Waals surface area (Å²) in [5.41, 5.74) is 14.3. The number of fused-ring (bicyclic) bond motifs is 2. The van der Waals surface area contributed by atoms with Crippen molar-refractivity contribution in [2.75, 3.05) is 0 Å². The lowest BCUT2D eigenvalue weighted by atomic mass is 9.93. The van der Waals surface area contributed by atoms with Gasteiger partial charge in [0.25, 0.3) is 0 Å². The maximum atomic E-state index is 5.29. The minimum atomic E-state index is 0.615. The Labute approximate surface area is 361 Å². The van der Waals surface area contributed by atoms with Gasteiger partial charge in [0.2, 0.25) is 0 Å². The molecular weight excluding hydrogens is 751 g/mol. The summed E-state index contributed by atoms with van der Waals surface area (Å²) >= 11 is 0. The van der Waals surface area contributed by atoms with E-state index in [0.717, 1.165) is 49.7 Å². The van der Waals surface area contributed by atoms with Crippen molar-refractivity contribution in [1.29, 1.82) is 0 Å². The third-order valence-electron chi connectivity index (χ3n) is 11.7. The Morgan fingerprint density at radius 2 is 0.597 bits per heavy atom. The number of hydrogen-bond donors (Lipinski definition) is 0. The van der Waals surface area contributed by atoms with Crippen LogP contribution in [0, 0.1) is 0 Å². The normalized spacial score (nSPS) is 11.2. The summed E-state index contributed by atoms with van der Waals surface area (Å²) in [6, 6.07) is 83.6. The molecular formula is C59H39N3. The topological polar surface area (TPSA) is 38.7 Å². The van der Waals surface area contributed by atoms with Crippen molar-refractivity contribution >= 4 is 21.5 Å². The van der Waals surface area contributed by atoms with Gasteiger partial charge in [-0.3, -0.25) is 0 Å². The molecule has 3 heteroatoms. The standard InChI is InChI=1S/C59H39N3/c1-3-15-40(16-4-1)45-33-34-47-38-50(36-35-46(47)37-45)58-60-57(49-22-13-21-48(39-49)55-26-10-9-24-52(55)41-17-5-2-6-18-41)61-59(62-58)56-27-12-11-25-54(56)44-31-29-43(30-32-44)53-28-14-20-42-19-7-8-23-51(42)53/h1-39H. The van der Waals surface area contributed by atoms with Crippen LogP contribution in [0.25, 0.3) is 111 Å². The highest BCUT2D eigenvalue weighted by atomic mass is 15.0. The molecule has 11 rings (SSSR count). The number of aromatic nitrogens is 3. The van der Waals surface area contributed by atoms with Crippen molar-refractivity contribution in [3.05, 3.63) is 237 Å². The number of rotatable bonds is 8. The van der Waals surface area contributed by atoms with Gasteiger partial charge >= 0.3 is 0 Å². The summed E-state index contributed by atoms with van der Waals surface area (Å²) in [5, 5.41) is 4.75. The van der Waals surface area contributed by atoms with Gasteiger partial charge < -0.3 is 0 Å². The molecule has 1 aromatic heterocycles. The van der Waals surface area contributed by atoms with Crippen LogP contribution in [0.5, 0.6) is 0 Å². The molecule has 0 fully saturated rings. The monoisotopic (exact) mass is 789 g/mol. The van der Waals surface area contributed by atoms with Crippen LogP contribution in [0.4, 0.5) is 0 Å². The highest BCUT2D eigenvalue weighted by molar-refractivity contribution is 5.97. The molecule has 62 heavy (non-hydrogen) atoms. The van der Waals surface area contributed by atoms with E-state index in [-0.39, 0.29) is 0 Å². The zero-order chi connectivity index (χ0) is 41.2. The molecule has 0 N–H and O–H groups in total. The molecule has 0 atom stereocenters. The van der Waals surface area contributed by atoms with Gasteiger partial charge in [0, 0.05) is 16.7 Å². The van der Waals surface area contributed by atoms with Gasteiger partial charge in [0.15, 0.2) is 17.5 Å². The van der Waals surface area contributed by atoms with E-state index in [4.69, 9.17) is 15.0 Å². The van der Waals surface area contributed by atoms with Crippen LogP contribution in [0.3, 0.4) is 0 Å². The predicted molar refractivity (Wildman–Crippen MR) is 258 cm³/mol. The first kappa shape index (κ1) is 36.8.